The molecule has 0 spiro atoms. The summed E-state index contributed by atoms with van der Waals surface area (Å²) in [6, 6.07) is -12.3. The van der Waals surface area contributed by atoms with Crippen LogP contribution in [0.2, 0.25) is 0 Å². The number of carbonyl (C=O) groups is 12. The number of piperidine rings is 1. The van der Waals surface area contributed by atoms with E-state index in [0.717, 1.165) is 140 Å². The highest BCUT2D eigenvalue weighted by molar-refractivity contribution is 6.00. The lowest BCUT2D eigenvalue weighted by Crippen LogP contribution is -2.62. The monoisotopic (exact) mass is 1500 g/mol. The molecule has 0 aromatic carbocycles. The Morgan fingerprint density at radius 2 is 0.673 bits per heavy atom. The zero-order valence-electron chi connectivity index (χ0n) is 68.6. The highest BCUT2D eigenvalue weighted by atomic mass is 16.3. The first-order valence-electron chi connectivity index (χ1n) is 41.6. The Hall–Kier alpha value is -6.40. The predicted octanol–water partition coefficient (Wildman–Crippen LogP) is 8.21. The van der Waals surface area contributed by atoms with Crippen molar-refractivity contribution in [3.63, 3.8) is 0 Å². The molecule has 2 saturated heterocycles. The third kappa shape index (κ3) is 26.4. The van der Waals surface area contributed by atoms with E-state index in [2.05, 4.69) is 21.3 Å². The SMILES string of the molecule is CC(C)C[C@@H]1NC(=O)[C@H](CC2CCCCC2)N(C)C(=O)C[C@@H](C(=O)N2CCCCC2)NC(=O)[C@H](CC(C)C)N(C)C(=O)CN(C)C(=O)[C@H]([C@@H](C)O)NC(=O)[C@H](CC2CCCCC2)N(C)C(=O)[C@H](CC2CCCCC2)N(C)C(=O)[C@H](CC(C)C)NC(=O)[C@H](CC2CCCCC2)N(C)C(=O)[C@H](CC(C)C)N(C)C1=O. The number of amides is 12. The second kappa shape index (κ2) is 43.3. The molecule has 11 atom stereocenters. The maximum Gasteiger partial charge on any atom is 0.248 e. The second-order valence-electron chi connectivity index (χ2n) is 35.1. The van der Waals surface area contributed by atoms with E-state index in [9.17, 15) is 19.5 Å². The zero-order valence-corrected chi connectivity index (χ0v) is 68.6. The van der Waals surface area contributed by atoms with Gasteiger partial charge in [-0.15, -0.1) is 0 Å². The van der Waals surface area contributed by atoms with Crippen LogP contribution in [0.1, 0.15) is 268 Å². The summed E-state index contributed by atoms with van der Waals surface area (Å²) < 4.78 is 0. The van der Waals surface area contributed by atoms with Crippen molar-refractivity contribution >= 4 is 70.9 Å². The molecule has 107 heavy (non-hydrogen) atoms. The van der Waals surface area contributed by atoms with E-state index in [0.29, 0.717) is 25.9 Å². The third-order valence-corrected chi connectivity index (χ3v) is 24.4. The molecule has 6 rings (SSSR count). The van der Waals surface area contributed by atoms with Gasteiger partial charge in [-0.2, -0.15) is 0 Å². The molecule has 6 aliphatic rings. The number of hydrogen-bond donors (Lipinski definition) is 5. The Morgan fingerprint density at radius 1 is 0.355 bits per heavy atom. The number of carbonyl (C=O) groups excluding carboxylic acids is 12. The fourth-order valence-electron chi connectivity index (χ4n) is 17.7. The highest BCUT2D eigenvalue weighted by Gasteiger charge is 2.46. The first kappa shape index (κ1) is 89.5. The minimum Gasteiger partial charge on any atom is -0.391 e. The van der Waals surface area contributed by atoms with E-state index in [1.165, 1.54) is 57.5 Å². The first-order valence-corrected chi connectivity index (χ1v) is 41.6. The summed E-state index contributed by atoms with van der Waals surface area (Å²) in [6.07, 6.45) is 19.9. The van der Waals surface area contributed by atoms with Crippen molar-refractivity contribution in [3.05, 3.63) is 0 Å². The molecule has 2 aliphatic heterocycles. The van der Waals surface area contributed by atoms with Crippen molar-refractivity contribution in [2.24, 2.45) is 47.3 Å². The number of likely N-dealkylation sites (N-methyl/N-ethyl adjacent to an activating group) is 7. The van der Waals surface area contributed by atoms with Gasteiger partial charge in [-0.05, 0) is 125 Å². The van der Waals surface area contributed by atoms with Crippen molar-refractivity contribution in [2.75, 3.05) is 69.0 Å². The minimum atomic E-state index is -1.61. The molecule has 0 radical (unpaired) electrons. The van der Waals surface area contributed by atoms with Crippen LogP contribution >= 0.6 is 0 Å². The summed E-state index contributed by atoms with van der Waals surface area (Å²) in [5.74, 6) is -7.78. The van der Waals surface area contributed by atoms with Crippen LogP contribution in [0.5, 0.6) is 0 Å². The molecule has 6 fully saturated rings. The number of aliphatic hydroxyl groups is 1. The quantitative estimate of drug-likeness (QED) is 0.0865. The largest absolute Gasteiger partial charge is 0.391 e. The summed E-state index contributed by atoms with van der Waals surface area (Å²) >= 11 is 0. The van der Waals surface area contributed by atoms with Crippen molar-refractivity contribution in [2.45, 2.75) is 334 Å². The Kier molecular flexibility index (Phi) is 36.2. The van der Waals surface area contributed by atoms with Crippen molar-refractivity contribution in [1.82, 2.24) is 60.5 Å². The number of hydrogen-bond acceptors (Lipinski definition) is 13. The van der Waals surface area contributed by atoms with Crippen LogP contribution in [0.25, 0.3) is 0 Å². The van der Waals surface area contributed by atoms with Gasteiger partial charge in [-0.3, -0.25) is 57.5 Å². The Labute approximate surface area is 641 Å². The Morgan fingerprint density at radius 3 is 1.07 bits per heavy atom. The molecule has 25 nitrogen and oxygen atoms in total. The lowest BCUT2D eigenvalue weighted by molar-refractivity contribution is -0.152. The van der Waals surface area contributed by atoms with Crippen LogP contribution in [0, 0.1) is 47.3 Å². The maximum absolute atomic E-state index is 15.9. The van der Waals surface area contributed by atoms with Crippen molar-refractivity contribution < 1.29 is 62.6 Å². The molecule has 0 aromatic rings. The minimum absolute atomic E-state index is 0.00998. The third-order valence-electron chi connectivity index (χ3n) is 24.4. The Balaban J connectivity index is 1.51. The normalized spacial score (nSPS) is 28.4. The molecule has 25 heteroatoms. The number of nitrogens with one attached hydrogen (secondary N) is 4. The molecule has 4 saturated carbocycles. The van der Waals surface area contributed by atoms with Gasteiger partial charge in [0.2, 0.25) is 70.9 Å². The summed E-state index contributed by atoms with van der Waals surface area (Å²) in [5.41, 5.74) is 0. The summed E-state index contributed by atoms with van der Waals surface area (Å²) in [7, 11) is 10.6. The van der Waals surface area contributed by atoms with Crippen LogP contribution in [0.3, 0.4) is 0 Å². The van der Waals surface area contributed by atoms with Crippen LogP contribution in [0.4, 0.5) is 0 Å². The maximum atomic E-state index is 15.9. The number of aliphatic hydroxyl groups excluding tert-OH is 1. The van der Waals surface area contributed by atoms with E-state index in [-0.39, 0.29) is 98.7 Å². The van der Waals surface area contributed by atoms with Crippen LogP contribution in [-0.4, -0.2) is 251 Å². The van der Waals surface area contributed by atoms with Gasteiger partial charge < -0.3 is 65.6 Å². The number of rotatable bonds is 18. The van der Waals surface area contributed by atoms with Crippen LogP contribution in [0.15, 0.2) is 0 Å². The van der Waals surface area contributed by atoms with E-state index < -0.39 is 150 Å². The van der Waals surface area contributed by atoms with Gasteiger partial charge in [-0.25, -0.2) is 0 Å². The predicted molar refractivity (Wildman–Crippen MR) is 414 cm³/mol. The van der Waals surface area contributed by atoms with Gasteiger partial charge in [0, 0.05) is 62.4 Å². The molecular weight excluding hydrogens is 1360 g/mol. The van der Waals surface area contributed by atoms with E-state index >= 15 is 43.2 Å². The van der Waals surface area contributed by atoms with Gasteiger partial charge in [-0.1, -0.05) is 184 Å². The molecule has 2 heterocycles. The molecule has 5 N–H and O–H groups in total. The highest BCUT2D eigenvalue weighted by Crippen LogP contribution is 2.35. The van der Waals surface area contributed by atoms with Crippen molar-refractivity contribution in [1.29, 1.82) is 0 Å². The molecule has 12 amide bonds. The summed E-state index contributed by atoms with van der Waals surface area (Å²) in [4.78, 5) is 195. The fourth-order valence-corrected chi connectivity index (χ4v) is 17.7. The van der Waals surface area contributed by atoms with Crippen LogP contribution < -0.4 is 21.3 Å². The standard InChI is InChI=1S/C82H142N12O13/c1-52(2)42-61-77(102)92(15)68(45-55(7)8)80(105)90(13)66(47-58-34-24-18-25-35-58)75(100)84-62(43-53(3)4)78(103)93(16)69(49-60-38-28-20-29-39-60)81(106)91(14)67(48-59-36-26-19-27-37-59)76(101)86-72(56(9)95)82(107)87(10)51-71(97)89(12)64(44-54(5)6)73(98)85-63(79(104)94-40-30-21-31-41-94)50-70(96)88(11)65(74(99)83-61)46-57-32-22-17-23-33-57/h52-69,72,95H,17-51H2,1-16H3,(H,83,99)(H,84,100)(H,85,98)(H,86,101)/t56-,61+,62+,63+,64+,65+,66+,67+,68+,69+,72+/m1/s1. The van der Waals surface area contributed by atoms with Gasteiger partial charge in [0.25, 0.3) is 0 Å². The average Bonchev–Trinajstić information content (AvgIpc) is 0.813. The number of nitrogens with zero attached hydrogens (tertiary/aromatic N) is 8. The number of likely N-dealkylation sites (tertiary alicyclic amines) is 1. The van der Waals surface area contributed by atoms with Crippen molar-refractivity contribution in [3.8, 4) is 0 Å². The molecule has 608 valence electrons. The molecule has 4 aliphatic carbocycles. The zero-order chi connectivity index (χ0) is 79.1. The molecule has 0 bridgehead atoms. The smallest absolute Gasteiger partial charge is 0.248 e. The lowest BCUT2D eigenvalue weighted by atomic mass is 9.83. The topological polar surface area (TPSA) is 299 Å². The average molecular weight is 1500 g/mol. The van der Waals surface area contributed by atoms with Crippen LogP contribution in [-0.2, 0) is 57.5 Å². The second-order valence-corrected chi connectivity index (χ2v) is 35.1. The fraction of sp³-hybridized carbons (Fsp3) is 0.854. The summed E-state index contributed by atoms with van der Waals surface area (Å²) in [6.45, 7) is 16.9. The summed E-state index contributed by atoms with van der Waals surface area (Å²) in [5, 5.41) is 23.5. The molecule has 0 aromatic heterocycles. The Bertz CT molecular complexity index is 2930. The van der Waals surface area contributed by atoms with E-state index in [1.54, 1.807) is 33.1 Å². The molecular formula is C82H142N12O13. The lowest BCUT2D eigenvalue weighted by Gasteiger charge is -2.40. The van der Waals surface area contributed by atoms with E-state index in [4.69, 9.17) is 0 Å². The van der Waals surface area contributed by atoms with Gasteiger partial charge in [0.15, 0.2) is 0 Å². The van der Waals surface area contributed by atoms with Gasteiger partial charge in [0.1, 0.15) is 60.4 Å². The van der Waals surface area contributed by atoms with E-state index in [1.807, 2.05) is 55.4 Å². The van der Waals surface area contributed by atoms with Gasteiger partial charge in [0.05, 0.1) is 19.1 Å². The first-order chi connectivity index (χ1) is 50.6. The molecule has 0 unspecified atom stereocenters. The van der Waals surface area contributed by atoms with Gasteiger partial charge >= 0.3 is 0 Å².